The van der Waals surface area contributed by atoms with E-state index in [0.717, 1.165) is 0 Å². The Morgan fingerprint density at radius 2 is 1.81 bits per heavy atom. The van der Waals surface area contributed by atoms with Crippen molar-refractivity contribution in [3.63, 3.8) is 0 Å². The Morgan fingerprint density at radius 3 is 2.44 bits per heavy atom. The molecule has 1 aromatic heterocycles. The number of benzene rings is 1. The molecule has 0 saturated heterocycles. The van der Waals surface area contributed by atoms with Gasteiger partial charge in [0.25, 0.3) is 0 Å². The van der Waals surface area contributed by atoms with Crippen LogP contribution in [0.2, 0.25) is 5.15 Å². The fraction of sp³-hybridized carbons (Fsp3) is 0. The Bertz CT molecular complexity index is 508. The second-order valence-corrected chi connectivity index (χ2v) is 4.69. The number of hydrogen-bond acceptors (Lipinski definition) is 2. The van der Waals surface area contributed by atoms with Gasteiger partial charge in [0, 0.05) is 11.1 Å². The van der Waals surface area contributed by atoms with Crippen molar-refractivity contribution in [1.29, 1.82) is 0 Å². The zero-order chi connectivity index (χ0) is 11.5. The summed E-state index contributed by atoms with van der Waals surface area (Å²) >= 11 is 7.85. The zero-order valence-corrected chi connectivity index (χ0v) is 11.1. The van der Waals surface area contributed by atoms with Gasteiger partial charge in [-0.05, 0) is 34.7 Å². The normalized spacial score (nSPS) is 10.1. The second kappa shape index (κ2) is 4.93. The van der Waals surface area contributed by atoms with Gasteiger partial charge < -0.3 is 0 Å². The summed E-state index contributed by atoms with van der Waals surface area (Å²) in [6.07, 6.45) is 0. The smallest absolute Gasteiger partial charge is 0.193 e. The summed E-state index contributed by atoms with van der Waals surface area (Å²) in [5, 5.41) is 0.339. The molecule has 0 amide bonds. The molecule has 0 bridgehead atoms. The molecule has 2 rings (SSSR count). The molecule has 0 spiro atoms. The second-order valence-electron chi connectivity index (χ2n) is 3.20. The lowest BCUT2D eigenvalue weighted by Crippen LogP contribution is -2.02. The van der Waals surface area contributed by atoms with Crippen molar-refractivity contribution in [1.82, 2.24) is 4.98 Å². The van der Waals surface area contributed by atoms with Gasteiger partial charge >= 0.3 is 0 Å². The first-order valence-electron chi connectivity index (χ1n) is 4.59. The lowest BCUT2D eigenvalue weighted by atomic mass is 10.1. The highest BCUT2D eigenvalue weighted by atomic mass is 127. The molecule has 1 heterocycles. The molecule has 0 saturated carbocycles. The summed E-state index contributed by atoms with van der Waals surface area (Å²) < 4.78 is 0.712. The molecule has 0 aliphatic rings. The Labute approximate surface area is 112 Å². The first-order chi connectivity index (χ1) is 7.66. The molecule has 0 aliphatic carbocycles. The van der Waals surface area contributed by atoms with Gasteiger partial charge in [-0.2, -0.15) is 0 Å². The Morgan fingerprint density at radius 1 is 1.12 bits per heavy atom. The number of pyridine rings is 1. The van der Waals surface area contributed by atoms with Crippen molar-refractivity contribution in [3.8, 4) is 0 Å². The standard InChI is InChI=1S/C12H7ClINO/c13-10-6-9(7-11(14)15-10)12(16)8-4-2-1-3-5-8/h1-7H. The molecule has 0 unspecified atom stereocenters. The van der Waals surface area contributed by atoms with Gasteiger partial charge in [-0.15, -0.1) is 0 Å². The number of ketones is 1. The number of rotatable bonds is 2. The van der Waals surface area contributed by atoms with Crippen molar-refractivity contribution in [3.05, 3.63) is 62.4 Å². The van der Waals surface area contributed by atoms with E-state index in [1.54, 1.807) is 24.3 Å². The molecular weight excluding hydrogens is 336 g/mol. The number of carbonyl (C=O) groups is 1. The van der Waals surface area contributed by atoms with Crippen LogP contribution in [0.4, 0.5) is 0 Å². The van der Waals surface area contributed by atoms with E-state index in [1.165, 1.54) is 0 Å². The molecule has 0 radical (unpaired) electrons. The first kappa shape index (κ1) is 11.5. The molecule has 1 aromatic carbocycles. The predicted molar refractivity (Wildman–Crippen MR) is 71.8 cm³/mol. The quantitative estimate of drug-likeness (QED) is 0.474. The summed E-state index contributed by atoms with van der Waals surface area (Å²) in [4.78, 5) is 16.1. The van der Waals surface area contributed by atoms with E-state index in [2.05, 4.69) is 4.98 Å². The molecule has 4 heteroatoms. The Kier molecular flexibility index (Phi) is 3.56. The van der Waals surface area contributed by atoms with Crippen LogP contribution in [-0.2, 0) is 0 Å². The number of carbonyl (C=O) groups excluding carboxylic acids is 1. The van der Waals surface area contributed by atoms with Crippen LogP contribution in [0.25, 0.3) is 0 Å². The molecule has 0 fully saturated rings. The molecule has 80 valence electrons. The fourth-order valence-corrected chi connectivity index (χ4v) is 2.30. The van der Waals surface area contributed by atoms with Crippen molar-refractivity contribution in [2.75, 3.05) is 0 Å². The Balaban J connectivity index is 2.42. The Hall–Kier alpha value is -0.940. The molecule has 0 atom stereocenters. The molecule has 2 aromatic rings. The number of halogens is 2. The van der Waals surface area contributed by atoms with Crippen LogP contribution in [0.1, 0.15) is 15.9 Å². The average Bonchev–Trinajstić information content (AvgIpc) is 2.28. The minimum Gasteiger partial charge on any atom is -0.289 e. The molecule has 2 nitrogen and oxygen atoms in total. The highest BCUT2D eigenvalue weighted by molar-refractivity contribution is 14.1. The summed E-state index contributed by atoms with van der Waals surface area (Å²) in [5.74, 6) is -0.0391. The van der Waals surface area contributed by atoms with Crippen LogP contribution in [0, 0.1) is 3.70 Å². The van der Waals surface area contributed by atoms with Crippen LogP contribution in [-0.4, -0.2) is 10.8 Å². The van der Waals surface area contributed by atoms with Crippen LogP contribution in [0.5, 0.6) is 0 Å². The van der Waals surface area contributed by atoms with Gasteiger partial charge in [0.15, 0.2) is 5.78 Å². The third-order valence-electron chi connectivity index (χ3n) is 2.06. The van der Waals surface area contributed by atoms with Gasteiger partial charge in [0.2, 0.25) is 0 Å². The lowest BCUT2D eigenvalue weighted by Gasteiger charge is -2.02. The van der Waals surface area contributed by atoms with Crippen LogP contribution < -0.4 is 0 Å². The molecule has 16 heavy (non-hydrogen) atoms. The van der Waals surface area contributed by atoms with E-state index in [1.807, 2.05) is 40.8 Å². The van der Waals surface area contributed by atoms with Gasteiger partial charge in [-0.1, -0.05) is 41.9 Å². The van der Waals surface area contributed by atoms with Gasteiger partial charge in [0.05, 0.1) is 0 Å². The van der Waals surface area contributed by atoms with Gasteiger partial charge in [-0.25, -0.2) is 4.98 Å². The maximum absolute atomic E-state index is 12.1. The van der Waals surface area contributed by atoms with Crippen LogP contribution in [0.3, 0.4) is 0 Å². The van der Waals surface area contributed by atoms with Crippen molar-refractivity contribution >= 4 is 40.0 Å². The predicted octanol–water partition coefficient (Wildman–Crippen LogP) is 3.57. The van der Waals surface area contributed by atoms with E-state index in [0.29, 0.717) is 20.0 Å². The SMILES string of the molecule is O=C(c1ccccc1)c1cc(Cl)nc(I)c1. The van der Waals surface area contributed by atoms with Crippen molar-refractivity contribution in [2.24, 2.45) is 0 Å². The lowest BCUT2D eigenvalue weighted by molar-refractivity contribution is 0.103. The third-order valence-corrected chi connectivity index (χ3v) is 2.81. The van der Waals surface area contributed by atoms with Gasteiger partial charge in [-0.3, -0.25) is 4.79 Å². The van der Waals surface area contributed by atoms with Crippen LogP contribution >= 0.6 is 34.2 Å². The summed E-state index contributed by atoms with van der Waals surface area (Å²) in [5.41, 5.74) is 1.22. The minimum atomic E-state index is -0.0391. The maximum Gasteiger partial charge on any atom is 0.193 e. The summed E-state index contributed by atoms with van der Waals surface area (Å²) in [6.45, 7) is 0. The van der Waals surface area contributed by atoms with E-state index in [-0.39, 0.29) is 5.78 Å². The van der Waals surface area contributed by atoms with E-state index < -0.39 is 0 Å². The molecular formula is C12H7ClINO. The molecule has 0 N–H and O–H groups in total. The highest BCUT2D eigenvalue weighted by Crippen LogP contribution is 2.16. The fourth-order valence-electron chi connectivity index (χ4n) is 1.35. The average molecular weight is 344 g/mol. The topological polar surface area (TPSA) is 30.0 Å². The number of hydrogen-bond donors (Lipinski definition) is 0. The third kappa shape index (κ3) is 2.59. The van der Waals surface area contributed by atoms with Crippen molar-refractivity contribution in [2.45, 2.75) is 0 Å². The molecule has 0 aliphatic heterocycles. The zero-order valence-electron chi connectivity index (χ0n) is 8.15. The minimum absolute atomic E-state index is 0.0391. The maximum atomic E-state index is 12.1. The monoisotopic (exact) mass is 343 g/mol. The van der Waals surface area contributed by atoms with E-state index in [4.69, 9.17) is 11.6 Å². The largest absolute Gasteiger partial charge is 0.289 e. The van der Waals surface area contributed by atoms with E-state index in [9.17, 15) is 4.79 Å². The summed E-state index contributed by atoms with van der Waals surface area (Å²) in [6, 6.07) is 12.4. The highest BCUT2D eigenvalue weighted by Gasteiger charge is 2.10. The van der Waals surface area contributed by atoms with Crippen LogP contribution in [0.15, 0.2) is 42.5 Å². The summed E-state index contributed by atoms with van der Waals surface area (Å²) in [7, 11) is 0. The number of nitrogens with zero attached hydrogens (tertiary/aromatic N) is 1. The van der Waals surface area contributed by atoms with Crippen molar-refractivity contribution < 1.29 is 4.79 Å². The number of aromatic nitrogens is 1. The van der Waals surface area contributed by atoms with E-state index >= 15 is 0 Å². The first-order valence-corrected chi connectivity index (χ1v) is 6.05. The van der Waals surface area contributed by atoms with Gasteiger partial charge in [0.1, 0.15) is 8.85 Å².